The molecule has 0 saturated heterocycles. The summed E-state index contributed by atoms with van der Waals surface area (Å²) in [5, 5.41) is 9.48. The average molecular weight is 384 g/mol. The van der Waals surface area contributed by atoms with E-state index in [1.807, 2.05) is 0 Å². The van der Waals surface area contributed by atoms with Gasteiger partial charge in [0.1, 0.15) is 15.8 Å². The summed E-state index contributed by atoms with van der Waals surface area (Å²) < 4.78 is 16.0. The predicted octanol–water partition coefficient (Wildman–Crippen LogP) is 2.69. The summed E-state index contributed by atoms with van der Waals surface area (Å²) >= 11 is 1.32. The molecule has 2 aliphatic carbocycles. The van der Waals surface area contributed by atoms with Crippen molar-refractivity contribution in [3.63, 3.8) is 0 Å². The summed E-state index contributed by atoms with van der Waals surface area (Å²) in [6.45, 7) is 0.198. The molecule has 8 heteroatoms. The summed E-state index contributed by atoms with van der Waals surface area (Å²) in [5.74, 6) is 1.18. The monoisotopic (exact) mass is 384 g/mol. The first kappa shape index (κ1) is 16.6. The molecule has 5 rings (SSSR count). The molecule has 2 atom stereocenters. The molecular formula is C19H17FN4O2S. The van der Waals surface area contributed by atoms with E-state index in [-0.39, 0.29) is 18.4 Å². The highest BCUT2D eigenvalue weighted by Gasteiger charge is 2.46. The Morgan fingerprint density at radius 2 is 1.74 bits per heavy atom. The van der Waals surface area contributed by atoms with Crippen molar-refractivity contribution in [1.82, 2.24) is 19.3 Å². The molecule has 2 saturated carbocycles. The fourth-order valence-electron chi connectivity index (χ4n) is 4.02. The maximum Gasteiger partial charge on any atom is 0.316 e. The molecule has 0 bridgehead atoms. The molecule has 1 aromatic carbocycles. The third-order valence-corrected chi connectivity index (χ3v) is 6.52. The molecule has 0 spiro atoms. The zero-order chi connectivity index (χ0) is 18.5. The fourth-order valence-corrected chi connectivity index (χ4v) is 4.86. The third kappa shape index (κ3) is 3.03. The maximum absolute atomic E-state index is 13.0. The van der Waals surface area contributed by atoms with Crippen LogP contribution in [0.25, 0.3) is 10.6 Å². The van der Waals surface area contributed by atoms with E-state index in [0.717, 1.165) is 30.2 Å². The highest BCUT2D eigenvalue weighted by atomic mass is 32.1. The Bertz CT molecular complexity index is 1110. The number of halogens is 1. The normalized spacial score (nSPS) is 23.4. The summed E-state index contributed by atoms with van der Waals surface area (Å²) in [4.78, 5) is 25.0. The van der Waals surface area contributed by atoms with Crippen LogP contribution >= 0.6 is 11.3 Å². The van der Waals surface area contributed by atoms with Gasteiger partial charge in [-0.15, -0.1) is 10.2 Å². The van der Waals surface area contributed by atoms with E-state index in [2.05, 4.69) is 10.2 Å². The van der Waals surface area contributed by atoms with Gasteiger partial charge in [0.2, 0.25) is 0 Å². The second-order valence-corrected chi connectivity index (χ2v) is 8.39. The largest absolute Gasteiger partial charge is 0.316 e. The zero-order valence-electron chi connectivity index (χ0n) is 14.4. The lowest BCUT2D eigenvalue weighted by Crippen LogP contribution is -2.41. The van der Waals surface area contributed by atoms with E-state index in [1.54, 1.807) is 29.1 Å². The van der Waals surface area contributed by atoms with Crippen molar-refractivity contribution in [2.24, 2.45) is 11.8 Å². The highest BCUT2D eigenvalue weighted by Crippen LogP contribution is 2.55. The lowest BCUT2D eigenvalue weighted by Gasteiger charge is -2.15. The van der Waals surface area contributed by atoms with Crippen LogP contribution in [-0.2, 0) is 6.54 Å². The van der Waals surface area contributed by atoms with Gasteiger partial charge >= 0.3 is 11.1 Å². The molecule has 0 aliphatic heterocycles. The van der Waals surface area contributed by atoms with Gasteiger partial charge in [-0.3, -0.25) is 9.59 Å². The molecule has 0 amide bonds. The van der Waals surface area contributed by atoms with Crippen molar-refractivity contribution in [2.45, 2.75) is 31.8 Å². The number of hydrogen-bond donors (Lipinski definition) is 0. The van der Waals surface area contributed by atoms with Gasteiger partial charge < -0.3 is 9.13 Å². The SMILES string of the molecule is O=c1c(=O)n(C2CC3CC3C2)ccn1Cc1nnc(-c2ccc(F)cc2)s1. The fraction of sp³-hybridized carbons (Fsp3) is 0.368. The highest BCUT2D eigenvalue weighted by molar-refractivity contribution is 7.14. The Morgan fingerprint density at radius 3 is 2.48 bits per heavy atom. The van der Waals surface area contributed by atoms with Gasteiger partial charge in [-0.05, 0) is 55.4 Å². The first-order chi connectivity index (χ1) is 13.1. The van der Waals surface area contributed by atoms with Crippen molar-refractivity contribution in [3.05, 3.63) is 68.2 Å². The number of hydrogen-bond acceptors (Lipinski definition) is 5. The number of nitrogens with zero attached hydrogens (tertiary/aromatic N) is 4. The molecule has 27 heavy (non-hydrogen) atoms. The summed E-state index contributed by atoms with van der Waals surface area (Å²) in [5.41, 5.74) is -0.230. The zero-order valence-corrected chi connectivity index (χ0v) is 15.2. The van der Waals surface area contributed by atoms with Crippen LogP contribution in [0.1, 0.15) is 30.3 Å². The first-order valence-electron chi connectivity index (χ1n) is 8.98. The Labute approximate surface area is 157 Å². The van der Waals surface area contributed by atoms with Crippen molar-refractivity contribution in [1.29, 1.82) is 0 Å². The minimum absolute atomic E-state index is 0.162. The molecule has 3 aromatic rings. The first-order valence-corrected chi connectivity index (χ1v) is 9.80. The topological polar surface area (TPSA) is 69.8 Å². The minimum Gasteiger partial charge on any atom is -0.306 e. The van der Waals surface area contributed by atoms with E-state index in [9.17, 15) is 14.0 Å². The van der Waals surface area contributed by atoms with E-state index in [1.165, 1.54) is 34.5 Å². The van der Waals surface area contributed by atoms with Crippen LogP contribution in [0.3, 0.4) is 0 Å². The Morgan fingerprint density at radius 1 is 1.00 bits per heavy atom. The summed E-state index contributed by atoms with van der Waals surface area (Å²) in [6, 6.07) is 6.18. The van der Waals surface area contributed by atoms with Gasteiger partial charge in [0.15, 0.2) is 0 Å². The van der Waals surface area contributed by atoms with Gasteiger partial charge in [0, 0.05) is 24.0 Å². The molecular weight excluding hydrogens is 367 g/mol. The number of benzene rings is 1. The van der Waals surface area contributed by atoms with Crippen molar-refractivity contribution in [3.8, 4) is 10.6 Å². The van der Waals surface area contributed by atoms with Crippen LogP contribution < -0.4 is 11.1 Å². The van der Waals surface area contributed by atoms with Gasteiger partial charge in [0.05, 0.1) is 6.54 Å². The molecule has 138 valence electrons. The predicted molar refractivity (Wildman–Crippen MR) is 99.2 cm³/mol. The molecule has 0 radical (unpaired) electrons. The van der Waals surface area contributed by atoms with Crippen molar-refractivity contribution >= 4 is 11.3 Å². The lowest BCUT2D eigenvalue weighted by atomic mass is 10.1. The van der Waals surface area contributed by atoms with Crippen LogP contribution in [0.4, 0.5) is 4.39 Å². The quantitative estimate of drug-likeness (QED) is 0.649. The Hall–Kier alpha value is -2.61. The number of aromatic nitrogens is 4. The maximum atomic E-state index is 13.0. The Balaban J connectivity index is 1.38. The smallest absolute Gasteiger partial charge is 0.306 e. The van der Waals surface area contributed by atoms with Crippen LogP contribution in [0, 0.1) is 17.7 Å². The van der Waals surface area contributed by atoms with Gasteiger partial charge in [-0.25, -0.2) is 4.39 Å². The van der Waals surface area contributed by atoms with E-state index >= 15 is 0 Å². The molecule has 2 aliphatic rings. The lowest BCUT2D eigenvalue weighted by molar-refractivity contribution is 0.445. The second-order valence-electron chi connectivity index (χ2n) is 7.33. The van der Waals surface area contributed by atoms with Crippen LogP contribution in [0.15, 0.2) is 46.2 Å². The van der Waals surface area contributed by atoms with Crippen LogP contribution in [0.5, 0.6) is 0 Å². The second kappa shape index (κ2) is 6.23. The molecule has 2 fully saturated rings. The number of fused-ring (bicyclic) bond motifs is 1. The van der Waals surface area contributed by atoms with E-state index in [4.69, 9.17) is 0 Å². The molecule has 2 aromatic heterocycles. The molecule has 2 unspecified atom stereocenters. The van der Waals surface area contributed by atoms with Gasteiger partial charge in [-0.2, -0.15) is 0 Å². The average Bonchev–Trinajstić information content (AvgIpc) is 3.05. The Kier molecular flexibility index (Phi) is 3.82. The van der Waals surface area contributed by atoms with Gasteiger partial charge in [-0.1, -0.05) is 11.3 Å². The standard InChI is InChI=1S/C19H17FN4O2S/c20-14-3-1-11(2-4-14)17-22-21-16(27-17)10-23-5-6-24(19(26)18(23)25)15-8-12-7-13(12)9-15/h1-6,12-13,15H,7-10H2. The van der Waals surface area contributed by atoms with E-state index < -0.39 is 11.1 Å². The van der Waals surface area contributed by atoms with Crippen molar-refractivity contribution in [2.75, 3.05) is 0 Å². The van der Waals surface area contributed by atoms with Crippen LogP contribution in [0.2, 0.25) is 0 Å². The summed E-state index contributed by atoms with van der Waals surface area (Å²) in [6.07, 6.45) is 6.67. The van der Waals surface area contributed by atoms with Crippen molar-refractivity contribution < 1.29 is 4.39 Å². The minimum atomic E-state index is -0.531. The van der Waals surface area contributed by atoms with E-state index in [0.29, 0.717) is 10.0 Å². The van der Waals surface area contributed by atoms with Crippen LogP contribution in [-0.4, -0.2) is 19.3 Å². The third-order valence-electron chi connectivity index (χ3n) is 5.56. The molecule has 0 N–H and O–H groups in total. The molecule has 6 nitrogen and oxygen atoms in total. The summed E-state index contributed by atoms with van der Waals surface area (Å²) in [7, 11) is 0. The number of rotatable bonds is 4. The molecule has 2 heterocycles. The van der Waals surface area contributed by atoms with Gasteiger partial charge in [0.25, 0.3) is 0 Å².